The second-order valence-electron chi connectivity index (χ2n) is 5.54. The number of ether oxygens (including phenoxy) is 1. The lowest BCUT2D eigenvalue weighted by atomic mass is 9.94. The van der Waals surface area contributed by atoms with Crippen LogP contribution in [-0.2, 0) is 14.3 Å². The lowest BCUT2D eigenvalue weighted by molar-refractivity contribution is -0.119. The SMILES string of the molecule is C=CCCCCCCCCCC1=C(O)C(=O)C=C(OC)C1=O.CC.CC. The second kappa shape index (κ2) is 18.0. The molecule has 26 heavy (non-hydrogen) atoms. The summed E-state index contributed by atoms with van der Waals surface area (Å²) in [7, 11) is 1.35. The van der Waals surface area contributed by atoms with E-state index in [1.165, 1.54) is 32.8 Å². The largest absolute Gasteiger partial charge is 0.504 e. The number of carbonyl (C=O) groups is 2. The third kappa shape index (κ3) is 10.2. The molecule has 0 fully saturated rings. The van der Waals surface area contributed by atoms with E-state index in [1.807, 2.05) is 33.8 Å². The van der Waals surface area contributed by atoms with Crippen molar-refractivity contribution in [3.8, 4) is 0 Å². The Kier molecular flexibility index (Phi) is 18.2. The summed E-state index contributed by atoms with van der Waals surface area (Å²) in [5.74, 6) is -1.33. The fourth-order valence-corrected chi connectivity index (χ4v) is 2.52. The number of unbranched alkanes of at least 4 members (excludes halogenated alkanes) is 7. The van der Waals surface area contributed by atoms with Crippen LogP contribution < -0.4 is 0 Å². The van der Waals surface area contributed by atoms with E-state index in [4.69, 9.17) is 4.74 Å². The van der Waals surface area contributed by atoms with Gasteiger partial charge >= 0.3 is 0 Å². The molecule has 0 radical (unpaired) electrons. The molecule has 1 rings (SSSR count). The van der Waals surface area contributed by atoms with Gasteiger partial charge in [0.25, 0.3) is 0 Å². The molecule has 0 aromatic carbocycles. The Balaban J connectivity index is 0. The van der Waals surface area contributed by atoms with Gasteiger partial charge in [0.2, 0.25) is 11.6 Å². The molecular weight excluding hydrogens is 328 g/mol. The van der Waals surface area contributed by atoms with Gasteiger partial charge in [-0.3, -0.25) is 9.59 Å². The van der Waals surface area contributed by atoms with Gasteiger partial charge in [-0.1, -0.05) is 65.9 Å². The average Bonchev–Trinajstić information content (AvgIpc) is 2.68. The van der Waals surface area contributed by atoms with Gasteiger partial charge in [-0.05, 0) is 25.7 Å². The monoisotopic (exact) mass is 366 g/mol. The molecule has 0 saturated heterocycles. The maximum absolute atomic E-state index is 12.0. The van der Waals surface area contributed by atoms with E-state index in [0.29, 0.717) is 6.42 Å². The predicted molar refractivity (Wildman–Crippen MR) is 109 cm³/mol. The van der Waals surface area contributed by atoms with Crippen molar-refractivity contribution in [2.45, 2.75) is 85.5 Å². The Morgan fingerprint density at radius 3 is 1.96 bits per heavy atom. The summed E-state index contributed by atoms with van der Waals surface area (Å²) in [4.78, 5) is 23.6. The van der Waals surface area contributed by atoms with Crippen molar-refractivity contribution in [3.63, 3.8) is 0 Å². The summed E-state index contributed by atoms with van der Waals surface area (Å²) < 4.78 is 4.88. The first-order valence-corrected chi connectivity index (χ1v) is 9.99. The number of carbonyl (C=O) groups excluding carboxylic acids is 2. The molecule has 0 spiro atoms. The van der Waals surface area contributed by atoms with Gasteiger partial charge in [0, 0.05) is 11.6 Å². The Labute approximate surface area is 160 Å². The van der Waals surface area contributed by atoms with Crippen LogP contribution in [0, 0.1) is 0 Å². The summed E-state index contributed by atoms with van der Waals surface area (Å²) in [5.41, 5.74) is 0.190. The van der Waals surface area contributed by atoms with E-state index in [1.54, 1.807) is 0 Å². The Morgan fingerprint density at radius 2 is 1.46 bits per heavy atom. The average molecular weight is 367 g/mol. The van der Waals surface area contributed by atoms with E-state index in [2.05, 4.69) is 6.58 Å². The summed E-state index contributed by atoms with van der Waals surface area (Å²) in [5, 5.41) is 9.75. The first-order valence-electron chi connectivity index (χ1n) is 9.99. The first-order chi connectivity index (χ1) is 12.6. The number of aliphatic hydroxyl groups is 1. The van der Waals surface area contributed by atoms with Crippen molar-refractivity contribution in [1.29, 1.82) is 0 Å². The van der Waals surface area contributed by atoms with E-state index in [9.17, 15) is 14.7 Å². The highest BCUT2D eigenvalue weighted by atomic mass is 16.5. The number of allylic oxidation sites excluding steroid dienone is 3. The number of rotatable bonds is 11. The molecule has 0 heterocycles. The van der Waals surface area contributed by atoms with Crippen molar-refractivity contribution in [2.75, 3.05) is 7.11 Å². The topological polar surface area (TPSA) is 63.6 Å². The molecule has 0 bridgehead atoms. The van der Waals surface area contributed by atoms with Crippen LogP contribution in [0.3, 0.4) is 0 Å². The molecule has 1 aliphatic carbocycles. The predicted octanol–water partition coefficient (Wildman–Crippen LogP) is 6.23. The fraction of sp³-hybridized carbons (Fsp3) is 0.636. The zero-order valence-corrected chi connectivity index (χ0v) is 17.4. The quantitative estimate of drug-likeness (QED) is 0.267. The molecule has 0 aromatic rings. The lowest BCUT2D eigenvalue weighted by Crippen LogP contribution is -2.20. The number of hydrogen-bond donors (Lipinski definition) is 1. The Bertz CT molecular complexity index is 473. The van der Waals surface area contributed by atoms with Crippen molar-refractivity contribution in [1.82, 2.24) is 0 Å². The van der Waals surface area contributed by atoms with Gasteiger partial charge in [-0.15, -0.1) is 6.58 Å². The van der Waals surface area contributed by atoms with Crippen molar-refractivity contribution in [2.24, 2.45) is 0 Å². The van der Waals surface area contributed by atoms with Gasteiger partial charge < -0.3 is 9.84 Å². The summed E-state index contributed by atoms with van der Waals surface area (Å²) in [6.07, 6.45) is 12.2. The number of ketones is 2. The van der Waals surface area contributed by atoms with E-state index >= 15 is 0 Å². The fourth-order valence-electron chi connectivity index (χ4n) is 2.52. The molecule has 0 unspecified atom stereocenters. The smallest absolute Gasteiger partial charge is 0.227 e. The van der Waals surface area contributed by atoms with Crippen LogP contribution >= 0.6 is 0 Å². The van der Waals surface area contributed by atoms with Crippen molar-refractivity contribution >= 4 is 11.6 Å². The molecule has 1 aliphatic rings. The van der Waals surface area contributed by atoms with E-state index < -0.39 is 11.5 Å². The summed E-state index contributed by atoms with van der Waals surface area (Å²) in [6.45, 7) is 11.7. The molecule has 4 nitrogen and oxygen atoms in total. The van der Waals surface area contributed by atoms with Gasteiger partial charge in [0.1, 0.15) is 0 Å². The zero-order chi connectivity index (χ0) is 20.4. The highest BCUT2D eigenvalue weighted by Crippen LogP contribution is 2.23. The van der Waals surface area contributed by atoms with Crippen LogP contribution in [0.2, 0.25) is 0 Å². The second-order valence-corrected chi connectivity index (χ2v) is 5.54. The third-order valence-corrected chi connectivity index (χ3v) is 3.83. The van der Waals surface area contributed by atoms with Gasteiger partial charge in [0.15, 0.2) is 11.5 Å². The summed E-state index contributed by atoms with van der Waals surface area (Å²) >= 11 is 0. The van der Waals surface area contributed by atoms with Crippen LogP contribution in [-0.4, -0.2) is 23.8 Å². The molecular formula is C22H38O4. The Hall–Kier alpha value is -1.84. The molecule has 150 valence electrons. The van der Waals surface area contributed by atoms with Crippen LogP contribution in [0.1, 0.15) is 85.5 Å². The van der Waals surface area contributed by atoms with E-state index in [0.717, 1.165) is 31.8 Å². The number of Topliss-reactive ketones (excluding diaryl/α,β-unsaturated/α-hetero) is 1. The molecule has 0 aliphatic heterocycles. The highest BCUT2D eigenvalue weighted by molar-refractivity contribution is 6.20. The normalized spacial score (nSPS) is 13.2. The lowest BCUT2D eigenvalue weighted by Gasteiger charge is -2.14. The number of aliphatic hydroxyl groups excluding tert-OH is 1. The molecule has 1 N–H and O–H groups in total. The molecule has 0 aromatic heterocycles. The molecule has 0 amide bonds. The van der Waals surface area contributed by atoms with Crippen molar-refractivity contribution < 1.29 is 19.4 Å². The van der Waals surface area contributed by atoms with Crippen molar-refractivity contribution in [3.05, 3.63) is 35.8 Å². The van der Waals surface area contributed by atoms with Gasteiger partial charge in [-0.2, -0.15) is 0 Å². The summed E-state index contributed by atoms with van der Waals surface area (Å²) in [6, 6.07) is 0. The van der Waals surface area contributed by atoms with E-state index in [-0.39, 0.29) is 17.1 Å². The van der Waals surface area contributed by atoms with Crippen LogP contribution in [0.4, 0.5) is 0 Å². The highest BCUT2D eigenvalue weighted by Gasteiger charge is 2.28. The molecule has 4 heteroatoms. The minimum atomic E-state index is -0.548. The Morgan fingerprint density at radius 1 is 0.962 bits per heavy atom. The van der Waals surface area contributed by atoms with Crippen LogP contribution in [0.25, 0.3) is 0 Å². The standard InChI is InChI=1S/C18H26O4.2C2H6/c1-3-4-5-6-7-8-9-10-11-12-14-17(20)15(19)13-16(22-2)18(14)21;2*1-2/h3,13,20H,1,4-12H2,2H3;2*1-2H3. The molecule has 0 saturated carbocycles. The zero-order valence-electron chi connectivity index (χ0n) is 17.4. The minimum Gasteiger partial charge on any atom is -0.504 e. The third-order valence-electron chi connectivity index (χ3n) is 3.83. The first kappa shape index (κ1) is 26.4. The van der Waals surface area contributed by atoms with Gasteiger partial charge in [-0.25, -0.2) is 0 Å². The van der Waals surface area contributed by atoms with Crippen LogP contribution in [0.15, 0.2) is 35.8 Å². The maximum Gasteiger partial charge on any atom is 0.227 e. The molecule has 0 atom stereocenters. The number of hydrogen-bond acceptors (Lipinski definition) is 4. The number of methoxy groups -OCH3 is 1. The van der Waals surface area contributed by atoms with Crippen LogP contribution in [0.5, 0.6) is 0 Å². The minimum absolute atomic E-state index is 0.0139. The maximum atomic E-state index is 12.0. The van der Waals surface area contributed by atoms with Gasteiger partial charge in [0.05, 0.1) is 7.11 Å².